The van der Waals surface area contributed by atoms with Gasteiger partial charge in [0.05, 0.1) is 5.92 Å². The van der Waals surface area contributed by atoms with Gasteiger partial charge in [-0.1, -0.05) is 23.4 Å². The zero-order valence-corrected chi connectivity index (χ0v) is 14.4. The molecule has 0 bridgehead atoms. The van der Waals surface area contributed by atoms with Crippen molar-refractivity contribution >= 4 is 12.4 Å². The van der Waals surface area contributed by atoms with Crippen LogP contribution in [0.2, 0.25) is 0 Å². The molecule has 1 N–H and O–H groups in total. The monoisotopic (exact) mass is 358 g/mol. The molecule has 0 aliphatic carbocycles. The van der Waals surface area contributed by atoms with Gasteiger partial charge in [-0.3, -0.25) is 4.98 Å². The first-order valence-corrected chi connectivity index (χ1v) is 8.05. The minimum Gasteiger partial charge on any atom is -0.489 e. The van der Waals surface area contributed by atoms with E-state index >= 15 is 0 Å². The van der Waals surface area contributed by atoms with E-state index in [-0.39, 0.29) is 12.4 Å². The van der Waals surface area contributed by atoms with Crippen molar-refractivity contribution < 1.29 is 9.26 Å². The second-order valence-electron chi connectivity index (χ2n) is 5.82. The zero-order valence-electron chi connectivity index (χ0n) is 13.6. The maximum atomic E-state index is 5.82. The number of halogens is 1. The maximum Gasteiger partial charge on any atom is 0.231 e. The lowest BCUT2D eigenvalue weighted by Crippen LogP contribution is -2.08. The Morgan fingerprint density at radius 2 is 2.20 bits per heavy atom. The lowest BCUT2D eigenvalue weighted by Gasteiger charge is -2.06. The normalized spacial score (nSPS) is 16.4. The van der Waals surface area contributed by atoms with Crippen LogP contribution >= 0.6 is 12.4 Å². The Kier molecular flexibility index (Phi) is 5.63. The van der Waals surface area contributed by atoms with Crippen LogP contribution in [0.15, 0.2) is 53.3 Å². The second-order valence-corrected chi connectivity index (χ2v) is 5.82. The first-order chi connectivity index (χ1) is 11.9. The van der Waals surface area contributed by atoms with E-state index in [4.69, 9.17) is 9.26 Å². The third-order valence-corrected chi connectivity index (χ3v) is 4.07. The Labute approximate surface area is 152 Å². The van der Waals surface area contributed by atoms with E-state index in [0.717, 1.165) is 36.4 Å². The van der Waals surface area contributed by atoms with Crippen LogP contribution in [0.1, 0.15) is 23.8 Å². The highest BCUT2D eigenvalue weighted by Crippen LogP contribution is 2.26. The third-order valence-electron chi connectivity index (χ3n) is 4.07. The van der Waals surface area contributed by atoms with Gasteiger partial charge >= 0.3 is 0 Å². The molecule has 1 aliphatic rings. The topological polar surface area (TPSA) is 73.1 Å². The Morgan fingerprint density at radius 3 is 3.00 bits per heavy atom. The van der Waals surface area contributed by atoms with Crippen molar-refractivity contribution in [3.63, 3.8) is 0 Å². The summed E-state index contributed by atoms with van der Waals surface area (Å²) >= 11 is 0. The first-order valence-electron chi connectivity index (χ1n) is 8.05. The van der Waals surface area contributed by atoms with E-state index in [1.807, 2.05) is 36.4 Å². The van der Waals surface area contributed by atoms with E-state index in [0.29, 0.717) is 24.2 Å². The molecule has 0 radical (unpaired) electrons. The van der Waals surface area contributed by atoms with Crippen LogP contribution in [-0.2, 0) is 6.61 Å². The molecule has 7 heteroatoms. The summed E-state index contributed by atoms with van der Waals surface area (Å²) in [6.07, 6.45) is 4.58. The summed E-state index contributed by atoms with van der Waals surface area (Å²) in [6, 6.07) is 11.6. The molecule has 130 valence electrons. The lowest BCUT2D eigenvalue weighted by atomic mass is 10.1. The van der Waals surface area contributed by atoms with E-state index < -0.39 is 0 Å². The summed E-state index contributed by atoms with van der Waals surface area (Å²) in [7, 11) is 0. The molecule has 6 nitrogen and oxygen atoms in total. The van der Waals surface area contributed by atoms with Crippen LogP contribution in [0.5, 0.6) is 5.75 Å². The van der Waals surface area contributed by atoms with E-state index in [9.17, 15) is 0 Å². The molecule has 25 heavy (non-hydrogen) atoms. The van der Waals surface area contributed by atoms with Gasteiger partial charge in [0.25, 0.3) is 0 Å². The molecule has 0 saturated carbocycles. The van der Waals surface area contributed by atoms with Gasteiger partial charge in [-0.2, -0.15) is 4.98 Å². The Hall–Kier alpha value is -2.44. The Bertz CT molecular complexity index is 804. The minimum absolute atomic E-state index is 0. The van der Waals surface area contributed by atoms with Crippen molar-refractivity contribution in [1.29, 1.82) is 0 Å². The molecule has 3 aromatic rings. The van der Waals surface area contributed by atoms with Gasteiger partial charge in [0.15, 0.2) is 0 Å². The van der Waals surface area contributed by atoms with Crippen LogP contribution in [0.3, 0.4) is 0 Å². The van der Waals surface area contributed by atoms with E-state index in [1.165, 1.54) is 0 Å². The van der Waals surface area contributed by atoms with Crippen molar-refractivity contribution in [1.82, 2.24) is 20.4 Å². The second kappa shape index (κ2) is 8.09. The molecule has 1 fully saturated rings. The van der Waals surface area contributed by atoms with Gasteiger partial charge in [-0.15, -0.1) is 12.4 Å². The number of nitrogens with zero attached hydrogens (tertiary/aromatic N) is 3. The standard InChI is InChI=1S/C18H18N4O2.ClH/c1-4-14(17-21-18(24-22-17)15-6-8-20-11-15)9-16(5-1)23-12-13-3-2-7-19-10-13;/h1-5,7,9-10,15,20H,6,8,11-12H2;1H/t15-;/m1./s1. The zero-order chi connectivity index (χ0) is 16.2. The molecule has 0 spiro atoms. The third kappa shape index (κ3) is 4.15. The van der Waals surface area contributed by atoms with Gasteiger partial charge in [-0.05, 0) is 31.2 Å². The van der Waals surface area contributed by atoms with Crippen LogP contribution in [0.4, 0.5) is 0 Å². The average Bonchev–Trinajstić information content (AvgIpc) is 3.32. The van der Waals surface area contributed by atoms with Crippen LogP contribution in [-0.4, -0.2) is 28.2 Å². The fourth-order valence-corrected chi connectivity index (χ4v) is 2.76. The molecule has 0 unspecified atom stereocenters. The van der Waals surface area contributed by atoms with E-state index in [2.05, 4.69) is 20.4 Å². The number of pyridine rings is 1. The van der Waals surface area contributed by atoms with Crippen molar-refractivity contribution in [2.45, 2.75) is 18.9 Å². The quantitative estimate of drug-likeness (QED) is 0.755. The lowest BCUT2D eigenvalue weighted by molar-refractivity contribution is 0.306. The molecule has 1 saturated heterocycles. The van der Waals surface area contributed by atoms with Crippen LogP contribution in [0, 0.1) is 0 Å². The highest BCUT2D eigenvalue weighted by Gasteiger charge is 2.23. The summed E-state index contributed by atoms with van der Waals surface area (Å²) in [6.45, 7) is 2.37. The van der Waals surface area contributed by atoms with Crippen molar-refractivity contribution in [2.75, 3.05) is 13.1 Å². The summed E-state index contributed by atoms with van der Waals surface area (Å²) < 4.78 is 11.2. The maximum absolute atomic E-state index is 5.82. The number of hydrogen-bond acceptors (Lipinski definition) is 6. The molecular formula is C18H19ClN4O2. The largest absolute Gasteiger partial charge is 0.489 e. The summed E-state index contributed by atoms with van der Waals surface area (Å²) in [5.41, 5.74) is 1.91. The summed E-state index contributed by atoms with van der Waals surface area (Å²) in [5, 5.41) is 7.42. The fourth-order valence-electron chi connectivity index (χ4n) is 2.76. The Balaban J connectivity index is 0.00000182. The molecule has 1 aromatic carbocycles. The predicted molar refractivity (Wildman–Crippen MR) is 95.8 cm³/mol. The van der Waals surface area contributed by atoms with E-state index in [1.54, 1.807) is 12.4 Å². The van der Waals surface area contributed by atoms with Crippen molar-refractivity contribution in [3.05, 3.63) is 60.2 Å². The highest BCUT2D eigenvalue weighted by atomic mass is 35.5. The number of aromatic nitrogens is 3. The summed E-state index contributed by atoms with van der Waals surface area (Å²) in [5.74, 6) is 2.39. The summed E-state index contributed by atoms with van der Waals surface area (Å²) in [4.78, 5) is 8.62. The Morgan fingerprint density at radius 1 is 1.24 bits per heavy atom. The minimum atomic E-state index is 0. The first kappa shape index (κ1) is 17.4. The number of ether oxygens (including phenoxy) is 1. The van der Waals surface area contributed by atoms with Crippen LogP contribution in [0.25, 0.3) is 11.4 Å². The van der Waals surface area contributed by atoms with Crippen LogP contribution < -0.4 is 10.1 Å². The molecular weight excluding hydrogens is 340 g/mol. The average molecular weight is 359 g/mol. The number of benzene rings is 1. The SMILES string of the molecule is Cl.c1cncc(COc2cccc(-c3noc([C@@H]4CCNC4)n3)c2)c1. The number of rotatable bonds is 5. The fraction of sp³-hybridized carbons (Fsp3) is 0.278. The molecule has 2 aromatic heterocycles. The highest BCUT2D eigenvalue weighted by molar-refractivity contribution is 5.85. The molecule has 1 atom stereocenters. The smallest absolute Gasteiger partial charge is 0.231 e. The number of nitrogens with one attached hydrogen (secondary N) is 1. The predicted octanol–water partition coefficient (Wildman–Crippen LogP) is 3.21. The van der Waals surface area contributed by atoms with Gasteiger partial charge < -0.3 is 14.6 Å². The van der Waals surface area contributed by atoms with Gasteiger partial charge in [0, 0.05) is 30.1 Å². The van der Waals surface area contributed by atoms with Gasteiger partial charge in [-0.25, -0.2) is 0 Å². The van der Waals surface area contributed by atoms with Gasteiger partial charge in [0.2, 0.25) is 11.7 Å². The van der Waals surface area contributed by atoms with Crippen molar-refractivity contribution in [3.8, 4) is 17.1 Å². The van der Waals surface area contributed by atoms with Crippen molar-refractivity contribution in [2.24, 2.45) is 0 Å². The van der Waals surface area contributed by atoms with Gasteiger partial charge in [0.1, 0.15) is 12.4 Å². The molecule has 1 aliphatic heterocycles. The molecule has 3 heterocycles. The number of hydrogen-bond donors (Lipinski definition) is 1. The molecule has 4 rings (SSSR count). The molecule has 0 amide bonds.